The summed E-state index contributed by atoms with van der Waals surface area (Å²) in [6.07, 6.45) is 0. The highest BCUT2D eigenvalue weighted by molar-refractivity contribution is 7.98. The number of hydrogen-bond donors (Lipinski definition) is 0. The zero-order chi connectivity index (χ0) is 21.3. The van der Waals surface area contributed by atoms with Crippen molar-refractivity contribution in [1.82, 2.24) is 9.55 Å². The Bertz CT molecular complexity index is 1260. The van der Waals surface area contributed by atoms with Gasteiger partial charge in [0.15, 0.2) is 5.16 Å². The van der Waals surface area contributed by atoms with Crippen LogP contribution in [0.25, 0.3) is 16.6 Å². The molecule has 0 fully saturated rings. The molecule has 3 nitrogen and oxygen atoms in total. The highest BCUT2D eigenvalue weighted by Gasteiger charge is 2.17. The Morgan fingerprint density at radius 3 is 2.30 bits per heavy atom. The SMILES string of the molecule is CC(C)(C)c1ccc(CSc2nc3ccccc3c(=O)n2-c2ccccc2F)cc1. The molecular weight excluding hydrogens is 395 g/mol. The van der Waals surface area contributed by atoms with Crippen LogP contribution in [0.2, 0.25) is 0 Å². The second-order valence-electron chi connectivity index (χ2n) is 8.24. The Balaban J connectivity index is 1.75. The zero-order valence-electron chi connectivity index (χ0n) is 17.2. The molecule has 0 aliphatic rings. The lowest BCUT2D eigenvalue weighted by Crippen LogP contribution is -2.22. The van der Waals surface area contributed by atoms with E-state index in [0.29, 0.717) is 21.8 Å². The first-order valence-electron chi connectivity index (χ1n) is 9.83. The van der Waals surface area contributed by atoms with Crippen molar-refractivity contribution in [3.05, 3.63) is 100 Å². The molecule has 4 rings (SSSR count). The van der Waals surface area contributed by atoms with Crippen molar-refractivity contribution in [2.75, 3.05) is 0 Å². The average molecular weight is 419 g/mol. The van der Waals surface area contributed by atoms with E-state index in [-0.39, 0.29) is 16.7 Å². The van der Waals surface area contributed by atoms with Gasteiger partial charge >= 0.3 is 0 Å². The molecule has 0 aliphatic carbocycles. The van der Waals surface area contributed by atoms with Crippen molar-refractivity contribution < 1.29 is 4.39 Å². The van der Waals surface area contributed by atoms with Crippen LogP contribution in [0, 0.1) is 5.82 Å². The van der Waals surface area contributed by atoms with Crippen LogP contribution >= 0.6 is 11.8 Å². The van der Waals surface area contributed by atoms with Gasteiger partial charge in [0.25, 0.3) is 5.56 Å². The smallest absolute Gasteiger partial charge is 0.266 e. The molecule has 152 valence electrons. The number of fused-ring (bicyclic) bond motifs is 1. The maximum atomic E-state index is 14.6. The standard InChI is InChI=1S/C25H23FN2OS/c1-25(2,3)18-14-12-17(13-15-18)16-30-24-27-21-10-6-4-8-19(21)23(29)28(24)22-11-7-5-9-20(22)26/h4-15H,16H2,1-3H3. The second-order valence-corrected chi connectivity index (χ2v) is 9.18. The molecule has 3 aromatic carbocycles. The van der Waals surface area contributed by atoms with Crippen molar-refractivity contribution in [3.63, 3.8) is 0 Å². The molecule has 0 unspecified atom stereocenters. The summed E-state index contributed by atoms with van der Waals surface area (Å²) in [5, 5.41) is 0.948. The fraction of sp³-hybridized carbons (Fsp3) is 0.200. The number of aromatic nitrogens is 2. The molecule has 0 atom stereocenters. The summed E-state index contributed by atoms with van der Waals surface area (Å²) in [6, 6.07) is 21.9. The lowest BCUT2D eigenvalue weighted by Gasteiger charge is -2.19. The Morgan fingerprint density at radius 2 is 1.60 bits per heavy atom. The highest BCUT2D eigenvalue weighted by atomic mass is 32.2. The van der Waals surface area contributed by atoms with Crippen molar-refractivity contribution in [2.45, 2.75) is 37.1 Å². The van der Waals surface area contributed by atoms with Crippen LogP contribution in [0.3, 0.4) is 0 Å². The van der Waals surface area contributed by atoms with Gasteiger partial charge in [0.05, 0.1) is 16.6 Å². The Hall–Kier alpha value is -2.92. The van der Waals surface area contributed by atoms with Crippen LogP contribution in [-0.2, 0) is 11.2 Å². The van der Waals surface area contributed by atoms with Gasteiger partial charge in [-0.2, -0.15) is 0 Å². The van der Waals surface area contributed by atoms with Crippen molar-refractivity contribution in [2.24, 2.45) is 0 Å². The fourth-order valence-electron chi connectivity index (χ4n) is 3.30. The molecule has 0 aliphatic heterocycles. The van der Waals surface area contributed by atoms with Gasteiger partial charge in [0.2, 0.25) is 0 Å². The third kappa shape index (κ3) is 4.03. The number of thioether (sulfide) groups is 1. The van der Waals surface area contributed by atoms with Gasteiger partial charge in [-0.3, -0.25) is 9.36 Å². The zero-order valence-corrected chi connectivity index (χ0v) is 18.0. The van der Waals surface area contributed by atoms with Gasteiger partial charge in [-0.1, -0.05) is 81.1 Å². The molecule has 1 aromatic heterocycles. The molecular formula is C25H23FN2OS. The first-order chi connectivity index (χ1) is 14.3. The van der Waals surface area contributed by atoms with Crippen LogP contribution in [0.15, 0.2) is 82.7 Å². The number of benzene rings is 3. The maximum absolute atomic E-state index is 14.6. The minimum atomic E-state index is -0.451. The summed E-state index contributed by atoms with van der Waals surface area (Å²) in [5.41, 5.74) is 3.04. The van der Waals surface area contributed by atoms with Crippen LogP contribution in [-0.4, -0.2) is 9.55 Å². The predicted octanol–water partition coefficient (Wildman–Crippen LogP) is 6.11. The number of para-hydroxylation sites is 2. The van der Waals surface area contributed by atoms with Gasteiger partial charge in [-0.05, 0) is 40.8 Å². The molecule has 0 N–H and O–H groups in total. The van der Waals surface area contributed by atoms with E-state index in [1.165, 1.54) is 28.0 Å². The third-order valence-corrected chi connectivity index (χ3v) is 6.04. The predicted molar refractivity (Wildman–Crippen MR) is 122 cm³/mol. The Morgan fingerprint density at radius 1 is 0.933 bits per heavy atom. The summed E-state index contributed by atoms with van der Waals surface area (Å²) in [6.45, 7) is 6.55. The van der Waals surface area contributed by atoms with Gasteiger partial charge in [0.1, 0.15) is 5.82 Å². The molecule has 0 radical (unpaired) electrons. The van der Waals surface area contributed by atoms with E-state index < -0.39 is 5.82 Å². The number of nitrogens with zero attached hydrogens (tertiary/aromatic N) is 2. The number of hydrogen-bond acceptors (Lipinski definition) is 3. The number of halogens is 1. The first kappa shape index (κ1) is 20.4. The van der Waals surface area contributed by atoms with Crippen LogP contribution in [0.5, 0.6) is 0 Å². The monoisotopic (exact) mass is 418 g/mol. The molecule has 4 aromatic rings. The summed E-state index contributed by atoms with van der Waals surface area (Å²) < 4.78 is 15.9. The van der Waals surface area contributed by atoms with Crippen molar-refractivity contribution in [1.29, 1.82) is 0 Å². The summed E-state index contributed by atoms with van der Waals surface area (Å²) >= 11 is 1.43. The van der Waals surface area contributed by atoms with Crippen LogP contribution in [0.1, 0.15) is 31.9 Å². The number of rotatable bonds is 4. The summed E-state index contributed by atoms with van der Waals surface area (Å²) in [4.78, 5) is 17.9. The average Bonchev–Trinajstić information content (AvgIpc) is 2.73. The lowest BCUT2D eigenvalue weighted by atomic mass is 9.87. The van der Waals surface area contributed by atoms with Gasteiger partial charge < -0.3 is 0 Å². The third-order valence-electron chi connectivity index (χ3n) is 5.03. The second kappa shape index (κ2) is 8.07. The van der Waals surface area contributed by atoms with E-state index >= 15 is 0 Å². The highest BCUT2D eigenvalue weighted by Crippen LogP contribution is 2.27. The maximum Gasteiger partial charge on any atom is 0.266 e. The normalized spacial score (nSPS) is 11.7. The van der Waals surface area contributed by atoms with Gasteiger partial charge in [-0.25, -0.2) is 9.37 Å². The molecule has 0 bridgehead atoms. The molecule has 0 spiro atoms. The molecule has 0 saturated heterocycles. The minimum absolute atomic E-state index is 0.0941. The first-order valence-corrected chi connectivity index (χ1v) is 10.8. The van der Waals surface area contributed by atoms with Crippen LogP contribution in [0.4, 0.5) is 4.39 Å². The van der Waals surface area contributed by atoms with E-state index in [0.717, 1.165) is 5.56 Å². The molecule has 5 heteroatoms. The quantitative estimate of drug-likeness (QED) is 0.296. The molecule has 0 saturated carbocycles. The summed E-state index contributed by atoms with van der Waals surface area (Å²) in [5.74, 6) is 0.178. The van der Waals surface area contributed by atoms with E-state index in [4.69, 9.17) is 0 Å². The van der Waals surface area contributed by atoms with Crippen LogP contribution < -0.4 is 5.56 Å². The van der Waals surface area contributed by atoms with E-state index in [2.05, 4.69) is 50.0 Å². The van der Waals surface area contributed by atoms with Crippen molar-refractivity contribution >= 4 is 22.7 Å². The van der Waals surface area contributed by atoms with Gasteiger partial charge in [-0.15, -0.1) is 0 Å². The Kier molecular flexibility index (Phi) is 5.48. The van der Waals surface area contributed by atoms with E-state index in [9.17, 15) is 9.18 Å². The molecule has 1 heterocycles. The fourth-order valence-corrected chi connectivity index (χ4v) is 4.27. The van der Waals surface area contributed by atoms with Gasteiger partial charge in [0, 0.05) is 5.75 Å². The van der Waals surface area contributed by atoms with E-state index in [1.807, 2.05) is 12.1 Å². The molecule has 0 amide bonds. The largest absolute Gasteiger partial charge is 0.268 e. The van der Waals surface area contributed by atoms with E-state index in [1.54, 1.807) is 30.3 Å². The topological polar surface area (TPSA) is 34.9 Å². The van der Waals surface area contributed by atoms with Crippen molar-refractivity contribution in [3.8, 4) is 5.69 Å². The lowest BCUT2D eigenvalue weighted by molar-refractivity contribution is 0.590. The Labute approximate surface area is 179 Å². The molecule has 30 heavy (non-hydrogen) atoms. The summed E-state index contributed by atoms with van der Waals surface area (Å²) in [7, 11) is 0. The minimum Gasteiger partial charge on any atom is -0.268 e.